The summed E-state index contributed by atoms with van der Waals surface area (Å²) in [6.07, 6.45) is 0.486. The lowest BCUT2D eigenvalue weighted by atomic mass is 10.0. The molecule has 1 aliphatic heterocycles. The molecule has 3 rings (SSSR count). The molecule has 7 heteroatoms. The molecule has 1 amide bonds. The summed E-state index contributed by atoms with van der Waals surface area (Å²) in [5.41, 5.74) is 0.155. The fraction of sp³-hybridized carbons (Fsp3) is 0.333. The number of amides is 1. The summed E-state index contributed by atoms with van der Waals surface area (Å²) in [6.45, 7) is 1.62. The van der Waals surface area contributed by atoms with E-state index in [2.05, 4.69) is 4.98 Å². The predicted molar refractivity (Wildman–Crippen MR) is 72.0 cm³/mol. The van der Waals surface area contributed by atoms with Crippen molar-refractivity contribution in [2.75, 3.05) is 6.54 Å². The number of hydrogen-bond donors (Lipinski definition) is 1. The lowest BCUT2D eigenvalue weighted by Gasteiger charge is -2.24. The summed E-state index contributed by atoms with van der Waals surface area (Å²) >= 11 is 0. The number of carbonyl (C=O) groups excluding carboxylic acids is 1. The SMILES string of the molecule is Cc1ocnc1C(=O)N1C[C@H](O)C[C@@H]1c1cc(F)ccc1F. The maximum absolute atomic E-state index is 14.0. The highest BCUT2D eigenvalue weighted by molar-refractivity contribution is 5.93. The van der Waals surface area contributed by atoms with Crippen molar-refractivity contribution in [3.8, 4) is 0 Å². The number of aromatic nitrogens is 1. The van der Waals surface area contributed by atoms with Crippen LogP contribution in [0.25, 0.3) is 0 Å². The van der Waals surface area contributed by atoms with E-state index in [0.29, 0.717) is 5.76 Å². The third-order valence-electron chi connectivity index (χ3n) is 3.80. The summed E-state index contributed by atoms with van der Waals surface area (Å²) in [6, 6.07) is 2.33. The molecule has 0 aliphatic carbocycles. The van der Waals surface area contributed by atoms with Gasteiger partial charge >= 0.3 is 0 Å². The number of aryl methyl sites for hydroxylation is 1. The maximum atomic E-state index is 14.0. The molecule has 0 unspecified atom stereocenters. The van der Waals surface area contributed by atoms with E-state index < -0.39 is 29.7 Å². The highest BCUT2D eigenvalue weighted by atomic mass is 19.1. The van der Waals surface area contributed by atoms with Crippen LogP contribution in [0.15, 0.2) is 29.0 Å². The highest BCUT2D eigenvalue weighted by Crippen LogP contribution is 2.35. The second kappa shape index (κ2) is 5.49. The van der Waals surface area contributed by atoms with Crippen molar-refractivity contribution in [1.82, 2.24) is 9.88 Å². The van der Waals surface area contributed by atoms with E-state index in [4.69, 9.17) is 4.42 Å². The predicted octanol–water partition coefficient (Wildman–Crippen LogP) is 2.21. The van der Waals surface area contributed by atoms with Crippen LogP contribution in [0.5, 0.6) is 0 Å². The van der Waals surface area contributed by atoms with Crippen LogP contribution in [0, 0.1) is 18.6 Å². The van der Waals surface area contributed by atoms with Crippen LogP contribution in [0.2, 0.25) is 0 Å². The van der Waals surface area contributed by atoms with Crippen molar-refractivity contribution >= 4 is 5.91 Å². The molecule has 1 aromatic carbocycles. The number of hydrogen-bond acceptors (Lipinski definition) is 4. The zero-order valence-corrected chi connectivity index (χ0v) is 11.8. The van der Waals surface area contributed by atoms with Gasteiger partial charge in [-0.25, -0.2) is 13.8 Å². The largest absolute Gasteiger partial charge is 0.448 e. The number of aliphatic hydroxyl groups excluding tert-OH is 1. The topological polar surface area (TPSA) is 66.6 Å². The average Bonchev–Trinajstić information content (AvgIpc) is 3.07. The van der Waals surface area contributed by atoms with Crippen LogP contribution < -0.4 is 0 Å². The molecule has 5 nitrogen and oxygen atoms in total. The quantitative estimate of drug-likeness (QED) is 0.923. The standard InChI is InChI=1S/C15H14F2N2O3/c1-8-14(18-7-22-8)15(21)19-6-10(20)5-13(19)11-4-9(16)2-3-12(11)17/h2-4,7,10,13,20H,5-6H2,1H3/t10-,13-/m1/s1. The molecular weight excluding hydrogens is 294 g/mol. The van der Waals surface area contributed by atoms with E-state index in [9.17, 15) is 18.7 Å². The van der Waals surface area contributed by atoms with Gasteiger partial charge in [-0.3, -0.25) is 4.79 Å². The zero-order chi connectivity index (χ0) is 15.9. The van der Waals surface area contributed by atoms with Gasteiger partial charge in [0.25, 0.3) is 5.91 Å². The molecule has 22 heavy (non-hydrogen) atoms. The second-order valence-corrected chi connectivity index (χ2v) is 5.29. The Hall–Kier alpha value is -2.28. The Bertz CT molecular complexity index is 717. The van der Waals surface area contributed by atoms with E-state index >= 15 is 0 Å². The van der Waals surface area contributed by atoms with Crippen molar-refractivity contribution in [2.45, 2.75) is 25.5 Å². The molecule has 1 aliphatic rings. The molecule has 116 valence electrons. The second-order valence-electron chi connectivity index (χ2n) is 5.29. The number of halogens is 2. The Balaban J connectivity index is 1.98. The summed E-state index contributed by atoms with van der Waals surface area (Å²) in [7, 11) is 0. The van der Waals surface area contributed by atoms with Gasteiger partial charge in [-0.05, 0) is 31.5 Å². The Morgan fingerprint density at radius 2 is 2.23 bits per heavy atom. The lowest BCUT2D eigenvalue weighted by Crippen LogP contribution is -2.32. The third-order valence-corrected chi connectivity index (χ3v) is 3.80. The molecule has 2 heterocycles. The molecule has 2 atom stereocenters. The van der Waals surface area contributed by atoms with Gasteiger partial charge < -0.3 is 14.4 Å². The minimum atomic E-state index is -0.802. The Morgan fingerprint density at radius 1 is 1.45 bits per heavy atom. The molecule has 1 N–H and O–H groups in total. The van der Waals surface area contributed by atoms with Crippen molar-refractivity contribution in [1.29, 1.82) is 0 Å². The van der Waals surface area contributed by atoms with Crippen LogP contribution in [0.4, 0.5) is 8.78 Å². The van der Waals surface area contributed by atoms with Crippen LogP contribution in [0.1, 0.15) is 34.3 Å². The summed E-state index contributed by atoms with van der Waals surface area (Å²) in [5, 5.41) is 9.85. The number of aliphatic hydroxyl groups is 1. The van der Waals surface area contributed by atoms with E-state index in [1.807, 2.05) is 0 Å². The minimum Gasteiger partial charge on any atom is -0.448 e. The third kappa shape index (κ3) is 2.48. The molecule has 0 radical (unpaired) electrons. The highest BCUT2D eigenvalue weighted by Gasteiger charge is 2.38. The van der Waals surface area contributed by atoms with Gasteiger partial charge in [0.2, 0.25) is 0 Å². The lowest BCUT2D eigenvalue weighted by molar-refractivity contribution is 0.0706. The van der Waals surface area contributed by atoms with Crippen LogP contribution in [-0.4, -0.2) is 33.5 Å². The van der Waals surface area contributed by atoms with Crippen LogP contribution in [-0.2, 0) is 0 Å². The van der Waals surface area contributed by atoms with E-state index in [0.717, 1.165) is 24.6 Å². The minimum absolute atomic E-state index is 0.0335. The summed E-state index contributed by atoms with van der Waals surface area (Å²) in [4.78, 5) is 17.7. The summed E-state index contributed by atoms with van der Waals surface area (Å²) < 4.78 is 32.4. The van der Waals surface area contributed by atoms with Crippen LogP contribution >= 0.6 is 0 Å². The van der Waals surface area contributed by atoms with E-state index in [1.54, 1.807) is 6.92 Å². The molecule has 1 fully saturated rings. The smallest absolute Gasteiger partial charge is 0.276 e. The molecular formula is C15H14F2N2O3. The van der Waals surface area contributed by atoms with Gasteiger partial charge in [-0.15, -0.1) is 0 Å². The van der Waals surface area contributed by atoms with Gasteiger partial charge in [-0.1, -0.05) is 0 Å². The fourth-order valence-electron chi connectivity index (χ4n) is 2.75. The number of rotatable bonds is 2. The molecule has 0 spiro atoms. The Morgan fingerprint density at radius 3 is 2.91 bits per heavy atom. The zero-order valence-electron chi connectivity index (χ0n) is 11.8. The number of benzene rings is 1. The van der Waals surface area contributed by atoms with Crippen molar-refractivity contribution in [3.63, 3.8) is 0 Å². The first-order valence-corrected chi connectivity index (χ1v) is 6.81. The van der Waals surface area contributed by atoms with Crippen molar-refractivity contribution < 1.29 is 23.1 Å². The first kappa shape index (κ1) is 14.6. The van der Waals surface area contributed by atoms with Gasteiger partial charge in [0.15, 0.2) is 12.1 Å². The average molecular weight is 308 g/mol. The van der Waals surface area contributed by atoms with Gasteiger partial charge in [0, 0.05) is 12.1 Å². The Labute approximate surface area is 125 Å². The van der Waals surface area contributed by atoms with Gasteiger partial charge in [0.1, 0.15) is 17.4 Å². The van der Waals surface area contributed by atoms with Gasteiger partial charge in [0.05, 0.1) is 12.1 Å². The fourth-order valence-corrected chi connectivity index (χ4v) is 2.75. The number of oxazole rings is 1. The van der Waals surface area contributed by atoms with Crippen molar-refractivity contribution in [3.05, 3.63) is 53.2 Å². The Kier molecular flexibility index (Phi) is 3.66. The summed E-state index contributed by atoms with van der Waals surface area (Å²) in [5.74, 6) is -1.35. The molecule has 1 aromatic heterocycles. The monoisotopic (exact) mass is 308 g/mol. The molecule has 2 aromatic rings. The van der Waals surface area contributed by atoms with E-state index in [1.165, 1.54) is 4.90 Å². The maximum Gasteiger partial charge on any atom is 0.276 e. The molecule has 1 saturated heterocycles. The molecule has 0 bridgehead atoms. The molecule has 0 saturated carbocycles. The number of β-amino-alcohol motifs (C(OH)–C–C–N with tert-alkyl or cyclic N) is 1. The van der Waals surface area contributed by atoms with Gasteiger partial charge in [-0.2, -0.15) is 0 Å². The first-order valence-electron chi connectivity index (χ1n) is 6.81. The normalized spacial score (nSPS) is 21.4. The van der Waals surface area contributed by atoms with Crippen molar-refractivity contribution in [2.24, 2.45) is 0 Å². The van der Waals surface area contributed by atoms with E-state index in [-0.39, 0.29) is 24.2 Å². The number of likely N-dealkylation sites (tertiary alicyclic amines) is 1. The van der Waals surface area contributed by atoms with Crippen LogP contribution in [0.3, 0.4) is 0 Å². The first-order chi connectivity index (χ1) is 10.5. The number of carbonyl (C=O) groups is 1. The number of nitrogens with zero attached hydrogens (tertiary/aromatic N) is 2.